The van der Waals surface area contributed by atoms with Crippen molar-refractivity contribution in [2.24, 2.45) is 0 Å². The highest BCUT2D eigenvalue weighted by atomic mass is 32.1. The number of nitrogens with zero attached hydrogens (tertiary/aromatic N) is 3. The molecule has 1 saturated heterocycles. The van der Waals surface area contributed by atoms with Gasteiger partial charge >= 0.3 is 6.18 Å². The molecule has 2 fully saturated rings. The van der Waals surface area contributed by atoms with Crippen molar-refractivity contribution in [3.05, 3.63) is 107 Å². The molecule has 0 bridgehead atoms. The summed E-state index contributed by atoms with van der Waals surface area (Å²) in [5.41, 5.74) is 4.12. The predicted octanol–water partition coefficient (Wildman–Crippen LogP) is 8.01. The Morgan fingerprint density at radius 3 is 2.37 bits per heavy atom. The summed E-state index contributed by atoms with van der Waals surface area (Å²) in [5, 5.41) is 4.03. The first kappa shape index (κ1) is 27.3. The number of pyridine rings is 1. The quantitative estimate of drug-likeness (QED) is 0.236. The van der Waals surface area contributed by atoms with E-state index >= 15 is 0 Å². The van der Waals surface area contributed by atoms with Crippen molar-refractivity contribution in [3.63, 3.8) is 0 Å². The van der Waals surface area contributed by atoms with Crippen molar-refractivity contribution < 1.29 is 17.9 Å². The zero-order chi connectivity index (χ0) is 28.7. The van der Waals surface area contributed by atoms with E-state index in [1.165, 1.54) is 25.0 Å². The van der Waals surface area contributed by atoms with E-state index in [9.17, 15) is 13.2 Å². The fourth-order valence-corrected chi connectivity index (χ4v) is 6.48. The summed E-state index contributed by atoms with van der Waals surface area (Å²) in [6.45, 7) is 3.85. The number of thiocarbonyl (C=S) groups is 1. The van der Waals surface area contributed by atoms with Gasteiger partial charge < -0.3 is 19.5 Å². The smallest absolute Gasteiger partial charge is 0.416 e. The van der Waals surface area contributed by atoms with Crippen molar-refractivity contribution in [3.8, 4) is 11.4 Å². The molecule has 4 aromatic rings. The molecule has 1 N–H and O–H groups in total. The molecule has 1 aliphatic carbocycles. The fourth-order valence-electron chi connectivity index (χ4n) is 6.14. The molecule has 2 aliphatic rings. The molecule has 9 heteroatoms. The largest absolute Gasteiger partial charge is 0.490 e. The molecule has 2 aromatic carbocycles. The lowest BCUT2D eigenvalue weighted by Gasteiger charge is -2.28. The average Bonchev–Trinajstić information content (AvgIpc) is 3.67. The first-order valence-corrected chi connectivity index (χ1v) is 14.3. The maximum absolute atomic E-state index is 13.5. The minimum atomic E-state index is -4.43. The van der Waals surface area contributed by atoms with Gasteiger partial charge in [0.1, 0.15) is 5.75 Å². The SMILES string of the molecule is Cc1cc([C@H]2[C@@H](c3ccccn3)NC(=S)N2c2ccc(OC3CCCC3)cc2)c(C)n1-c1cccc(C(F)(F)F)c1. The molecule has 0 amide bonds. The topological polar surface area (TPSA) is 42.3 Å². The molecule has 1 aliphatic heterocycles. The van der Waals surface area contributed by atoms with Gasteiger partial charge in [0.05, 0.1) is 29.4 Å². The molecule has 0 spiro atoms. The maximum Gasteiger partial charge on any atom is 0.416 e. The third kappa shape index (κ3) is 5.30. The van der Waals surface area contributed by atoms with Crippen LogP contribution in [0.2, 0.25) is 0 Å². The van der Waals surface area contributed by atoms with E-state index < -0.39 is 11.7 Å². The molecular formula is C32H31F3N4OS. The highest BCUT2D eigenvalue weighted by Gasteiger charge is 2.42. The molecule has 1 saturated carbocycles. The lowest BCUT2D eigenvalue weighted by atomic mass is 9.96. The molecule has 212 valence electrons. The van der Waals surface area contributed by atoms with Gasteiger partial charge in [0, 0.05) is 29.0 Å². The van der Waals surface area contributed by atoms with Crippen LogP contribution in [0.25, 0.3) is 5.69 Å². The van der Waals surface area contributed by atoms with Crippen LogP contribution in [0.1, 0.15) is 66.0 Å². The molecule has 2 aromatic heterocycles. The minimum Gasteiger partial charge on any atom is -0.490 e. The monoisotopic (exact) mass is 576 g/mol. The van der Waals surface area contributed by atoms with Crippen LogP contribution in [0.5, 0.6) is 5.75 Å². The van der Waals surface area contributed by atoms with Gasteiger partial charge in [-0.05, 0) is 118 Å². The van der Waals surface area contributed by atoms with Gasteiger partial charge in [-0.25, -0.2) is 0 Å². The number of benzene rings is 2. The molecule has 6 rings (SSSR count). The van der Waals surface area contributed by atoms with Crippen LogP contribution in [-0.2, 0) is 6.18 Å². The van der Waals surface area contributed by atoms with Crippen LogP contribution in [0.3, 0.4) is 0 Å². The molecule has 5 nitrogen and oxygen atoms in total. The number of anilines is 1. The Kier molecular flexibility index (Phi) is 7.23. The number of hydrogen-bond donors (Lipinski definition) is 1. The summed E-state index contributed by atoms with van der Waals surface area (Å²) in [6.07, 6.45) is 2.15. The standard InChI is InChI=1S/C32H31F3N4OS/c1-20-18-27(21(2)38(20)24-9-7-8-22(19-24)32(33,34)35)30-29(28-12-5-6-17-36-28)37-31(41)39(30)23-13-15-26(16-14-23)40-25-10-3-4-11-25/h5-9,12-19,25,29-30H,3-4,10-11H2,1-2H3,(H,37,41)/t29-,30+/m1/s1. The Hall–Kier alpha value is -3.85. The van der Waals surface area contributed by atoms with E-state index in [1.54, 1.807) is 12.3 Å². The van der Waals surface area contributed by atoms with E-state index in [-0.39, 0.29) is 18.2 Å². The predicted molar refractivity (Wildman–Crippen MR) is 158 cm³/mol. The van der Waals surface area contributed by atoms with Gasteiger partial charge in [0.2, 0.25) is 0 Å². The van der Waals surface area contributed by atoms with Gasteiger partial charge in [0.25, 0.3) is 0 Å². The van der Waals surface area contributed by atoms with Gasteiger partial charge in [-0.15, -0.1) is 0 Å². The van der Waals surface area contributed by atoms with Gasteiger partial charge in [-0.3, -0.25) is 4.98 Å². The van der Waals surface area contributed by atoms with Crippen molar-refractivity contribution in [1.82, 2.24) is 14.9 Å². The molecule has 41 heavy (non-hydrogen) atoms. The fraction of sp³-hybridized carbons (Fsp3) is 0.312. The van der Waals surface area contributed by atoms with Crippen molar-refractivity contribution in [2.75, 3.05) is 4.90 Å². The number of halogens is 3. The number of rotatable bonds is 6. The maximum atomic E-state index is 13.5. The van der Waals surface area contributed by atoms with Crippen LogP contribution in [0.15, 0.2) is 79.0 Å². The second kappa shape index (κ2) is 10.9. The van der Waals surface area contributed by atoms with Crippen molar-refractivity contribution in [2.45, 2.75) is 63.9 Å². The lowest BCUT2D eigenvalue weighted by Crippen LogP contribution is -2.29. The average molecular weight is 577 g/mol. The number of hydrogen-bond acceptors (Lipinski definition) is 3. The molecule has 2 atom stereocenters. The Morgan fingerprint density at radius 2 is 1.68 bits per heavy atom. The third-order valence-corrected chi connectivity index (χ3v) is 8.35. The highest BCUT2D eigenvalue weighted by molar-refractivity contribution is 7.80. The second-order valence-electron chi connectivity index (χ2n) is 10.7. The summed E-state index contributed by atoms with van der Waals surface area (Å²) in [5.74, 6) is 0.833. The summed E-state index contributed by atoms with van der Waals surface area (Å²) in [4.78, 5) is 6.70. The molecule has 3 heterocycles. The van der Waals surface area contributed by atoms with Gasteiger partial charge in [-0.1, -0.05) is 12.1 Å². The minimum absolute atomic E-state index is 0.262. The van der Waals surface area contributed by atoms with Crippen LogP contribution >= 0.6 is 12.2 Å². The number of nitrogens with one attached hydrogen (secondary N) is 1. The Labute approximate surface area is 243 Å². The van der Waals surface area contributed by atoms with Crippen LogP contribution in [0.4, 0.5) is 18.9 Å². The zero-order valence-electron chi connectivity index (χ0n) is 22.9. The number of aromatic nitrogens is 2. The first-order valence-electron chi connectivity index (χ1n) is 13.8. The summed E-state index contributed by atoms with van der Waals surface area (Å²) >= 11 is 5.88. The Morgan fingerprint density at radius 1 is 0.927 bits per heavy atom. The van der Waals surface area contributed by atoms with E-state index in [1.807, 2.05) is 66.9 Å². The highest BCUT2D eigenvalue weighted by Crippen LogP contribution is 2.44. The molecular weight excluding hydrogens is 545 g/mol. The Balaban J connectivity index is 1.41. The van der Waals surface area contributed by atoms with Gasteiger partial charge in [0.15, 0.2) is 5.11 Å². The zero-order valence-corrected chi connectivity index (χ0v) is 23.7. The van der Waals surface area contributed by atoms with Crippen LogP contribution < -0.4 is 15.0 Å². The van der Waals surface area contributed by atoms with Crippen LogP contribution in [-0.4, -0.2) is 20.8 Å². The molecule has 0 radical (unpaired) electrons. The summed E-state index contributed by atoms with van der Waals surface area (Å²) < 4.78 is 48.7. The summed E-state index contributed by atoms with van der Waals surface area (Å²) in [6, 6.07) is 20.7. The van der Waals surface area contributed by atoms with E-state index in [0.717, 1.165) is 53.0 Å². The Bertz CT molecular complexity index is 1550. The second-order valence-corrected chi connectivity index (χ2v) is 11.1. The van der Waals surface area contributed by atoms with E-state index in [0.29, 0.717) is 10.8 Å². The van der Waals surface area contributed by atoms with E-state index in [2.05, 4.69) is 15.2 Å². The van der Waals surface area contributed by atoms with E-state index in [4.69, 9.17) is 17.0 Å². The van der Waals surface area contributed by atoms with Crippen molar-refractivity contribution in [1.29, 1.82) is 0 Å². The van der Waals surface area contributed by atoms with Crippen molar-refractivity contribution >= 4 is 23.0 Å². The van der Waals surface area contributed by atoms with Gasteiger partial charge in [-0.2, -0.15) is 13.2 Å². The first-order chi connectivity index (χ1) is 19.7. The number of alkyl halides is 3. The van der Waals surface area contributed by atoms with Crippen LogP contribution in [0, 0.1) is 13.8 Å². The third-order valence-electron chi connectivity index (χ3n) is 8.04. The number of aryl methyl sites for hydroxylation is 1. The number of ether oxygens (including phenoxy) is 1. The lowest BCUT2D eigenvalue weighted by molar-refractivity contribution is -0.137. The normalized spacial score (nSPS) is 19.5. The molecule has 0 unspecified atom stereocenters. The summed E-state index contributed by atoms with van der Waals surface area (Å²) in [7, 11) is 0.